The van der Waals surface area contributed by atoms with Crippen LogP contribution in [0.1, 0.15) is 49.1 Å². The Bertz CT molecular complexity index is 396. The first-order valence-electron chi connectivity index (χ1n) is 7.20. The molecule has 1 fully saturated rings. The van der Waals surface area contributed by atoms with Crippen molar-refractivity contribution in [2.24, 2.45) is 0 Å². The fourth-order valence-electron chi connectivity index (χ4n) is 3.29. The van der Waals surface area contributed by atoms with Crippen molar-refractivity contribution >= 4 is 0 Å². The molecule has 1 aliphatic heterocycles. The second-order valence-electron chi connectivity index (χ2n) is 5.71. The standard InChI is InChI=1S/C16H22O2/c17-14(11-15-6-3-4-8-18-15)10-13-9-12-5-1-2-7-16(12)13/h1-2,5,7,13-15,17H,3-4,6,8-11H2. The average Bonchev–Trinajstić information content (AvgIpc) is 2.37. The molecule has 1 aliphatic carbocycles. The summed E-state index contributed by atoms with van der Waals surface area (Å²) in [6.45, 7) is 0.879. The van der Waals surface area contributed by atoms with Gasteiger partial charge in [0, 0.05) is 6.61 Å². The Kier molecular flexibility index (Phi) is 3.67. The molecule has 2 aliphatic rings. The molecule has 0 bridgehead atoms. The van der Waals surface area contributed by atoms with Crippen LogP contribution in [0.3, 0.4) is 0 Å². The highest BCUT2D eigenvalue weighted by Crippen LogP contribution is 2.38. The van der Waals surface area contributed by atoms with Gasteiger partial charge >= 0.3 is 0 Å². The molecule has 1 N–H and O–H groups in total. The minimum atomic E-state index is -0.202. The van der Waals surface area contributed by atoms with Crippen molar-refractivity contribution in [2.45, 2.75) is 56.7 Å². The lowest BCUT2D eigenvalue weighted by molar-refractivity contribution is -0.0179. The van der Waals surface area contributed by atoms with Crippen LogP contribution in [0.5, 0.6) is 0 Å². The quantitative estimate of drug-likeness (QED) is 0.885. The molecule has 2 nitrogen and oxygen atoms in total. The molecule has 1 saturated heterocycles. The Morgan fingerprint density at radius 1 is 1.22 bits per heavy atom. The van der Waals surface area contributed by atoms with Gasteiger partial charge in [0.05, 0.1) is 12.2 Å². The number of hydrogen-bond acceptors (Lipinski definition) is 2. The molecule has 0 radical (unpaired) electrons. The molecule has 0 saturated carbocycles. The first kappa shape index (κ1) is 12.2. The van der Waals surface area contributed by atoms with E-state index < -0.39 is 0 Å². The van der Waals surface area contributed by atoms with Gasteiger partial charge in [-0.05, 0) is 55.6 Å². The SMILES string of the molecule is OC(CC1CCCCO1)CC1Cc2ccccc21. The molecule has 0 amide bonds. The van der Waals surface area contributed by atoms with Gasteiger partial charge in [0.1, 0.15) is 0 Å². The van der Waals surface area contributed by atoms with E-state index in [0.29, 0.717) is 12.0 Å². The number of benzene rings is 1. The smallest absolute Gasteiger partial charge is 0.0599 e. The highest BCUT2D eigenvalue weighted by molar-refractivity contribution is 5.39. The van der Waals surface area contributed by atoms with E-state index in [2.05, 4.69) is 24.3 Å². The Labute approximate surface area is 109 Å². The van der Waals surface area contributed by atoms with E-state index in [0.717, 1.165) is 32.3 Å². The first-order chi connectivity index (χ1) is 8.83. The van der Waals surface area contributed by atoms with Crippen LogP contribution < -0.4 is 0 Å². The van der Waals surface area contributed by atoms with E-state index in [1.165, 1.54) is 24.0 Å². The van der Waals surface area contributed by atoms with Crippen molar-refractivity contribution in [3.8, 4) is 0 Å². The van der Waals surface area contributed by atoms with E-state index in [1.807, 2.05) is 0 Å². The highest BCUT2D eigenvalue weighted by atomic mass is 16.5. The minimum absolute atomic E-state index is 0.202. The van der Waals surface area contributed by atoms with Gasteiger partial charge in [-0.3, -0.25) is 0 Å². The predicted octanol–water partition coefficient (Wildman–Crippen LogP) is 3.04. The molecular weight excluding hydrogens is 224 g/mol. The fourth-order valence-corrected chi connectivity index (χ4v) is 3.29. The maximum atomic E-state index is 10.2. The fraction of sp³-hybridized carbons (Fsp3) is 0.625. The van der Waals surface area contributed by atoms with Crippen molar-refractivity contribution in [3.63, 3.8) is 0 Å². The molecule has 0 spiro atoms. The summed E-state index contributed by atoms with van der Waals surface area (Å²) >= 11 is 0. The Morgan fingerprint density at radius 3 is 2.89 bits per heavy atom. The summed E-state index contributed by atoms with van der Waals surface area (Å²) in [6.07, 6.45) is 6.51. The minimum Gasteiger partial charge on any atom is -0.393 e. The Morgan fingerprint density at radius 2 is 2.11 bits per heavy atom. The zero-order chi connectivity index (χ0) is 12.4. The van der Waals surface area contributed by atoms with Gasteiger partial charge < -0.3 is 9.84 Å². The summed E-state index contributed by atoms with van der Waals surface area (Å²) in [7, 11) is 0. The molecule has 1 aromatic rings. The number of fused-ring (bicyclic) bond motifs is 1. The van der Waals surface area contributed by atoms with Crippen LogP contribution in [0.2, 0.25) is 0 Å². The van der Waals surface area contributed by atoms with Crippen molar-refractivity contribution in [1.82, 2.24) is 0 Å². The summed E-state index contributed by atoms with van der Waals surface area (Å²) in [6, 6.07) is 8.60. The summed E-state index contributed by atoms with van der Waals surface area (Å²) in [5.41, 5.74) is 2.91. The second-order valence-corrected chi connectivity index (χ2v) is 5.71. The highest BCUT2D eigenvalue weighted by Gasteiger charge is 2.28. The van der Waals surface area contributed by atoms with Crippen LogP contribution in [0.15, 0.2) is 24.3 Å². The van der Waals surface area contributed by atoms with Crippen molar-refractivity contribution in [3.05, 3.63) is 35.4 Å². The predicted molar refractivity (Wildman–Crippen MR) is 71.7 cm³/mol. The van der Waals surface area contributed by atoms with Gasteiger partial charge in [-0.15, -0.1) is 0 Å². The first-order valence-corrected chi connectivity index (χ1v) is 7.20. The van der Waals surface area contributed by atoms with Gasteiger partial charge in [0.25, 0.3) is 0 Å². The van der Waals surface area contributed by atoms with E-state index in [4.69, 9.17) is 4.74 Å². The summed E-state index contributed by atoms with van der Waals surface area (Å²) in [4.78, 5) is 0. The molecule has 1 heterocycles. The lowest BCUT2D eigenvalue weighted by Gasteiger charge is -2.33. The van der Waals surface area contributed by atoms with Crippen LogP contribution in [0.25, 0.3) is 0 Å². The molecule has 2 heteroatoms. The van der Waals surface area contributed by atoms with E-state index in [-0.39, 0.29) is 6.10 Å². The number of aliphatic hydroxyl groups is 1. The molecule has 3 rings (SSSR count). The van der Waals surface area contributed by atoms with Gasteiger partial charge in [-0.1, -0.05) is 24.3 Å². The molecule has 18 heavy (non-hydrogen) atoms. The van der Waals surface area contributed by atoms with Crippen LogP contribution in [-0.2, 0) is 11.2 Å². The third-order valence-corrected chi connectivity index (χ3v) is 4.33. The van der Waals surface area contributed by atoms with Gasteiger partial charge in [-0.25, -0.2) is 0 Å². The maximum absolute atomic E-state index is 10.2. The lowest BCUT2D eigenvalue weighted by atomic mass is 9.74. The van der Waals surface area contributed by atoms with Crippen LogP contribution >= 0.6 is 0 Å². The number of rotatable bonds is 4. The average molecular weight is 246 g/mol. The Hall–Kier alpha value is -0.860. The van der Waals surface area contributed by atoms with Gasteiger partial charge in [-0.2, -0.15) is 0 Å². The van der Waals surface area contributed by atoms with E-state index >= 15 is 0 Å². The largest absolute Gasteiger partial charge is 0.393 e. The third kappa shape index (κ3) is 2.60. The van der Waals surface area contributed by atoms with Crippen LogP contribution in [-0.4, -0.2) is 23.9 Å². The normalized spacial score (nSPS) is 28.3. The maximum Gasteiger partial charge on any atom is 0.0599 e. The van der Waals surface area contributed by atoms with Gasteiger partial charge in [0.2, 0.25) is 0 Å². The van der Waals surface area contributed by atoms with Crippen LogP contribution in [0.4, 0.5) is 0 Å². The summed E-state index contributed by atoms with van der Waals surface area (Å²) in [5, 5.41) is 10.2. The number of ether oxygens (including phenoxy) is 1. The monoisotopic (exact) mass is 246 g/mol. The van der Waals surface area contributed by atoms with Crippen molar-refractivity contribution in [2.75, 3.05) is 6.61 Å². The van der Waals surface area contributed by atoms with Gasteiger partial charge in [0.15, 0.2) is 0 Å². The molecule has 3 atom stereocenters. The lowest BCUT2D eigenvalue weighted by Crippen LogP contribution is -2.28. The number of aliphatic hydroxyl groups excluding tert-OH is 1. The molecule has 3 unspecified atom stereocenters. The zero-order valence-corrected chi connectivity index (χ0v) is 10.8. The zero-order valence-electron chi connectivity index (χ0n) is 10.8. The number of hydrogen-bond donors (Lipinski definition) is 1. The second kappa shape index (κ2) is 5.41. The van der Waals surface area contributed by atoms with Crippen molar-refractivity contribution < 1.29 is 9.84 Å². The molecule has 98 valence electrons. The van der Waals surface area contributed by atoms with E-state index in [9.17, 15) is 5.11 Å². The van der Waals surface area contributed by atoms with Crippen LogP contribution in [0, 0.1) is 0 Å². The molecule has 1 aromatic carbocycles. The topological polar surface area (TPSA) is 29.5 Å². The summed E-state index contributed by atoms with van der Waals surface area (Å²) in [5.74, 6) is 0.569. The molecule has 0 aromatic heterocycles. The van der Waals surface area contributed by atoms with E-state index in [1.54, 1.807) is 0 Å². The van der Waals surface area contributed by atoms with Crippen molar-refractivity contribution in [1.29, 1.82) is 0 Å². The molecular formula is C16H22O2. The summed E-state index contributed by atoms with van der Waals surface area (Å²) < 4.78 is 5.69. The third-order valence-electron chi connectivity index (χ3n) is 4.33. The Balaban J connectivity index is 1.49.